The Morgan fingerprint density at radius 1 is 1.27 bits per heavy atom. The Morgan fingerprint density at radius 3 is 2.90 bits per heavy atom. The fraction of sp³-hybridized carbons (Fsp3) is 0.455. The molecule has 1 unspecified atom stereocenters. The average Bonchev–Trinajstić information content (AvgIpc) is 3.22. The predicted octanol–water partition coefficient (Wildman–Crippen LogP) is 3.42. The molecule has 2 amide bonds. The lowest BCUT2D eigenvalue weighted by Crippen LogP contribution is -2.42. The summed E-state index contributed by atoms with van der Waals surface area (Å²) in [5.41, 5.74) is 3.02. The van der Waals surface area contributed by atoms with Crippen LogP contribution >= 0.6 is 0 Å². The lowest BCUT2D eigenvalue weighted by Gasteiger charge is -2.34. The number of benzene rings is 1. The second-order valence-electron chi connectivity index (χ2n) is 7.98. The molecule has 2 N–H and O–H groups in total. The minimum Gasteiger partial charge on any atom is -0.356 e. The fourth-order valence-corrected chi connectivity index (χ4v) is 3.94. The number of carbonyl (C=O) groups excluding carboxylic acids is 1. The number of hydrogen-bond donors (Lipinski definition) is 2. The number of nitrogens with zero attached hydrogens (tertiary/aromatic N) is 5. The molecular formula is C22H29N7O. The Morgan fingerprint density at radius 2 is 2.10 bits per heavy atom. The molecule has 1 fully saturated rings. The minimum atomic E-state index is -0.163. The summed E-state index contributed by atoms with van der Waals surface area (Å²) >= 11 is 0. The van der Waals surface area contributed by atoms with Gasteiger partial charge in [0.2, 0.25) is 0 Å². The first-order valence-electron chi connectivity index (χ1n) is 10.7. The number of piperidine rings is 1. The van der Waals surface area contributed by atoms with Gasteiger partial charge in [-0.2, -0.15) is 14.6 Å². The molecule has 0 aliphatic carbocycles. The van der Waals surface area contributed by atoms with E-state index in [1.807, 2.05) is 35.7 Å². The van der Waals surface area contributed by atoms with Crippen LogP contribution in [0.4, 0.5) is 16.3 Å². The van der Waals surface area contributed by atoms with E-state index in [2.05, 4.69) is 43.6 Å². The van der Waals surface area contributed by atoms with Crippen LogP contribution in [0.3, 0.4) is 0 Å². The van der Waals surface area contributed by atoms with Crippen LogP contribution in [0.1, 0.15) is 37.4 Å². The molecule has 8 nitrogen and oxygen atoms in total. The number of nitrogens with one attached hydrogen (secondary N) is 2. The molecule has 1 aromatic carbocycles. The van der Waals surface area contributed by atoms with Crippen LogP contribution in [-0.4, -0.2) is 45.2 Å². The highest BCUT2D eigenvalue weighted by Crippen LogP contribution is 2.24. The number of carbonyl (C=O) groups is 1. The summed E-state index contributed by atoms with van der Waals surface area (Å²) in [6.07, 6.45) is 5.69. The molecular weight excluding hydrogens is 378 g/mol. The van der Waals surface area contributed by atoms with Crippen LogP contribution in [0.15, 0.2) is 36.7 Å². The number of urea groups is 1. The fourth-order valence-electron chi connectivity index (χ4n) is 3.94. The molecule has 1 aliphatic rings. The van der Waals surface area contributed by atoms with Crippen molar-refractivity contribution in [2.24, 2.45) is 5.92 Å². The molecule has 0 bridgehead atoms. The highest BCUT2D eigenvalue weighted by Gasteiger charge is 2.23. The Bertz CT molecular complexity index is 998. The zero-order valence-corrected chi connectivity index (χ0v) is 17.6. The van der Waals surface area contributed by atoms with Gasteiger partial charge in [-0.25, -0.2) is 9.78 Å². The quantitative estimate of drug-likeness (QED) is 0.654. The van der Waals surface area contributed by atoms with Crippen LogP contribution < -0.4 is 15.5 Å². The minimum absolute atomic E-state index is 0.163. The maximum Gasteiger partial charge on any atom is 0.319 e. The summed E-state index contributed by atoms with van der Waals surface area (Å²) in [4.78, 5) is 23.5. The van der Waals surface area contributed by atoms with Crippen molar-refractivity contribution in [3.05, 3.63) is 47.9 Å². The van der Waals surface area contributed by atoms with Gasteiger partial charge in [0.25, 0.3) is 5.78 Å². The maximum absolute atomic E-state index is 12.3. The summed E-state index contributed by atoms with van der Waals surface area (Å²) in [5.74, 6) is 2.06. The van der Waals surface area contributed by atoms with Crippen LogP contribution in [0, 0.1) is 12.8 Å². The number of amides is 2. The number of aryl methyl sites for hydroxylation is 2. The van der Waals surface area contributed by atoms with E-state index in [1.54, 1.807) is 6.33 Å². The first-order valence-corrected chi connectivity index (χ1v) is 10.7. The van der Waals surface area contributed by atoms with E-state index >= 15 is 0 Å². The van der Waals surface area contributed by atoms with Gasteiger partial charge in [0, 0.05) is 37.1 Å². The van der Waals surface area contributed by atoms with Crippen molar-refractivity contribution < 1.29 is 4.79 Å². The number of fused-ring (bicyclic) bond motifs is 1. The third-order valence-corrected chi connectivity index (χ3v) is 5.50. The summed E-state index contributed by atoms with van der Waals surface area (Å²) in [6, 6.07) is 9.77. The number of anilines is 2. The van der Waals surface area contributed by atoms with Crippen molar-refractivity contribution in [1.29, 1.82) is 0 Å². The Balaban J connectivity index is 1.39. The summed E-state index contributed by atoms with van der Waals surface area (Å²) in [7, 11) is 0. The molecule has 4 rings (SSSR count). The predicted molar refractivity (Wildman–Crippen MR) is 118 cm³/mol. The lowest BCUT2D eigenvalue weighted by molar-refractivity contribution is 0.249. The molecule has 8 heteroatoms. The maximum atomic E-state index is 12.3. The van der Waals surface area contributed by atoms with E-state index in [0.717, 1.165) is 56.0 Å². The van der Waals surface area contributed by atoms with Crippen LogP contribution in [-0.2, 0) is 6.42 Å². The Hall–Kier alpha value is -3.16. The van der Waals surface area contributed by atoms with Crippen molar-refractivity contribution in [2.45, 2.75) is 39.5 Å². The molecule has 2 aromatic heterocycles. The molecule has 0 radical (unpaired) electrons. The summed E-state index contributed by atoms with van der Waals surface area (Å²) in [6.45, 7) is 6.66. The van der Waals surface area contributed by atoms with E-state index in [9.17, 15) is 4.79 Å². The monoisotopic (exact) mass is 407 g/mol. The second-order valence-corrected chi connectivity index (χ2v) is 7.98. The number of rotatable bonds is 6. The highest BCUT2D eigenvalue weighted by molar-refractivity contribution is 5.89. The van der Waals surface area contributed by atoms with E-state index in [-0.39, 0.29) is 6.03 Å². The third kappa shape index (κ3) is 4.69. The topological polar surface area (TPSA) is 87.5 Å². The normalized spacial score (nSPS) is 16.6. The molecule has 158 valence electrons. The number of aromatic nitrogens is 4. The van der Waals surface area contributed by atoms with Gasteiger partial charge in [0.15, 0.2) is 0 Å². The molecule has 1 saturated heterocycles. The second kappa shape index (κ2) is 9.11. The summed E-state index contributed by atoms with van der Waals surface area (Å²) in [5, 5.41) is 10.3. The van der Waals surface area contributed by atoms with Crippen molar-refractivity contribution in [3.8, 4) is 0 Å². The molecule has 1 aliphatic heterocycles. The van der Waals surface area contributed by atoms with Gasteiger partial charge in [0.1, 0.15) is 12.1 Å². The smallest absolute Gasteiger partial charge is 0.319 e. The largest absolute Gasteiger partial charge is 0.356 e. The van der Waals surface area contributed by atoms with Crippen LogP contribution in [0.2, 0.25) is 0 Å². The molecule has 0 spiro atoms. The van der Waals surface area contributed by atoms with Crippen LogP contribution in [0.25, 0.3) is 5.78 Å². The average molecular weight is 408 g/mol. The van der Waals surface area contributed by atoms with E-state index in [0.29, 0.717) is 18.2 Å². The van der Waals surface area contributed by atoms with Crippen LogP contribution in [0.5, 0.6) is 0 Å². The molecule has 1 atom stereocenters. The Kier molecular flexibility index (Phi) is 6.11. The summed E-state index contributed by atoms with van der Waals surface area (Å²) < 4.78 is 1.82. The van der Waals surface area contributed by atoms with E-state index in [1.165, 1.54) is 5.56 Å². The number of hydrogen-bond acceptors (Lipinski definition) is 5. The van der Waals surface area contributed by atoms with Crippen molar-refractivity contribution >= 4 is 23.3 Å². The van der Waals surface area contributed by atoms with Gasteiger partial charge in [-0.3, -0.25) is 0 Å². The van der Waals surface area contributed by atoms with Gasteiger partial charge in [-0.15, -0.1) is 0 Å². The SMILES string of the molecule is CCCc1cc(N2CCCC(CNC(=O)Nc3ccc(C)cc3)C2)n2ncnc2n1. The van der Waals surface area contributed by atoms with Crippen molar-refractivity contribution in [3.63, 3.8) is 0 Å². The van der Waals surface area contributed by atoms with Crippen molar-refractivity contribution in [1.82, 2.24) is 24.9 Å². The highest BCUT2D eigenvalue weighted by atomic mass is 16.2. The van der Waals surface area contributed by atoms with E-state index < -0.39 is 0 Å². The lowest BCUT2D eigenvalue weighted by atomic mass is 9.98. The van der Waals surface area contributed by atoms with Gasteiger partial charge in [-0.1, -0.05) is 31.0 Å². The molecule has 3 heterocycles. The first-order chi connectivity index (χ1) is 14.6. The van der Waals surface area contributed by atoms with E-state index in [4.69, 9.17) is 0 Å². The van der Waals surface area contributed by atoms with Gasteiger partial charge >= 0.3 is 6.03 Å². The van der Waals surface area contributed by atoms with Crippen molar-refractivity contribution in [2.75, 3.05) is 29.9 Å². The first kappa shape index (κ1) is 20.1. The zero-order chi connectivity index (χ0) is 20.9. The van der Waals surface area contributed by atoms with Gasteiger partial charge in [0.05, 0.1) is 0 Å². The van der Waals surface area contributed by atoms with Gasteiger partial charge < -0.3 is 15.5 Å². The van der Waals surface area contributed by atoms with Gasteiger partial charge in [-0.05, 0) is 44.2 Å². The Labute approximate surface area is 176 Å². The third-order valence-electron chi connectivity index (χ3n) is 5.50. The zero-order valence-electron chi connectivity index (χ0n) is 17.6. The molecule has 3 aromatic rings. The molecule has 30 heavy (non-hydrogen) atoms. The standard InChI is InChI=1S/C22H29N7O/c1-3-5-19-12-20(29-21(26-19)24-15-25-29)28-11-4-6-17(14-28)13-23-22(30)27-18-9-7-16(2)8-10-18/h7-10,12,15,17H,3-6,11,13-14H2,1-2H3,(H2,23,27,30). The molecule has 0 saturated carbocycles.